The van der Waals surface area contributed by atoms with E-state index in [0.717, 1.165) is 5.56 Å². The van der Waals surface area contributed by atoms with E-state index in [-0.39, 0.29) is 30.0 Å². The van der Waals surface area contributed by atoms with Crippen molar-refractivity contribution in [3.8, 4) is 17.3 Å². The van der Waals surface area contributed by atoms with Crippen molar-refractivity contribution in [1.82, 2.24) is 30.7 Å². The Kier molecular flexibility index (Phi) is 4.35. The van der Waals surface area contributed by atoms with Gasteiger partial charge in [-0.3, -0.25) is 4.79 Å². The highest BCUT2D eigenvalue weighted by Gasteiger charge is 2.25. The monoisotopic (exact) mass is 384 g/mol. The molecular weight excluding hydrogens is 368 g/mol. The van der Waals surface area contributed by atoms with E-state index in [1.54, 1.807) is 18.2 Å². The van der Waals surface area contributed by atoms with Crippen LogP contribution in [0.4, 0.5) is 5.82 Å². The lowest BCUT2D eigenvalue weighted by Gasteiger charge is -2.08. The summed E-state index contributed by atoms with van der Waals surface area (Å²) in [5.41, 5.74) is 9.48. The zero-order chi connectivity index (χ0) is 19.7. The molecule has 1 aliphatic rings. The molecule has 12 nitrogen and oxygen atoms in total. The Bertz CT molecular complexity index is 1050. The fraction of sp³-hybridized carbons (Fsp3) is 0.250. The molecule has 144 valence electrons. The van der Waals surface area contributed by atoms with Gasteiger partial charge in [-0.25, -0.2) is 10.1 Å². The van der Waals surface area contributed by atoms with E-state index in [9.17, 15) is 4.79 Å². The number of hydrogen-bond donors (Lipinski definition) is 2. The van der Waals surface area contributed by atoms with Crippen LogP contribution in [0.15, 0.2) is 27.9 Å². The number of aromatic nitrogens is 5. The number of carbonyl (C=O) groups excluding carboxylic acids is 1. The minimum absolute atomic E-state index is 0.0413. The molecule has 0 saturated carbocycles. The standard InChI is InChI=1S/C16H16N8O4/c1-8(2)13-12(19-23-24(13)15-14(17)21-28-22-15)16(25)20-18-6-9-3-4-10-11(5-9)27-7-26-10/h3-6,8H,7H2,1-2H3,(H2,17,21)(H,20,25)/b18-6+. The number of carbonyl (C=O) groups is 1. The molecule has 3 heterocycles. The van der Waals surface area contributed by atoms with Crippen molar-refractivity contribution in [3.63, 3.8) is 0 Å². The van der Waals surface area contributed by atoms with Gasteiger partial charge in [-0.2, -0.15) is 9.78 Å². The van der Waals surface area contributed by atoms with Gasteiger partial charge in [0.1, 0.15) is 0 Å². The summed E-state index contributed by atoms with van der Waals surface area (Å²) in [6, 6.07) is 5.32. The summed E-state index contributed by atoms with van der Waals surface area (Å²) in [4.78, 5) is 12.5. The van der Waals surface area contributed by atoms with Crippen LogP contribution in [0.2, 0.25) is 0 Å². The SMILES string of the molecule is CC(C)c1c(C(=O)N/N=C/c2ccc3c(c2)OCO3)nnn1-c1nonc1N. The van der Waals surface area contributed by atoms with Crippen LogP contribution in [0.25, 0.3) is 5.82 Å². The molecule has 0 unspecified atom stereocenters. The molecule has 0 aliphatic carbocycles. The molecule has 0 radical (unpaired) electrons. The van der Waals surface area contributed by atoms with Crippen molar-refractivity contribution < 1.29 is 18.9 Å². The number of amides is 1. The van der Waals surface area contributed by atoms with Gasteiger partial charge >= 0.3 is 0 Å². The number of ether oxygens (including phenoxy) is 2. The summed E-state index contributed by atoms with van der Waals surface area (Å²) in [5, 5.41) is 19.1. The molecule has 2 aromatic heterocycles. The summed E-state index contributed by atoms with van der Waals surface area (Å²) in [7, 11) is 0. The average Bonchev–Trinajstić information content (AvgIpc) is 3.39. The predicted molar refractivity (Wildman–Crippen MR) is 95.3 cm³/mol. The van der Waals surface area contributed by atoms with Crippen molar-refractivity contribution in [1.29, 1.82) is 0 Å². The van der Waals surface area contributed by atoms with Crippen LogP contribution >= 0.6 is 0 Å². The number of anilines is 1. The second-order valence-electron chi connectivity index (χ2n) is 6.17. The van der Waals surface area contributed by atoms with Crippen LogP contribution in [-0.2, 0) is 0 Å². The predicted octanol–water partition coefficient (Wildman–Crippen LogP) is 0.849. The van der Waals surface area contributed by atoms with Gasteiger partial charge in [-0.15, -0.1) is 5.10 Å². The second kappa shape index (κ2) is 6.98. The van der Waals surface area contributed by atoms with E-state index in [2.05, 4.69) is 35.8 Å². The van der Waals surface area contributed by atoms with Gasteiger partial charge < -0.3 is 15.2 Å². The number of rotatable bonds is 5. The topological polar surface area (TPSA) is 156 Å². The molecule has 1 aliphatic heterocycles. The number of nitrogens with zero attached hydrogens (tertiary/aromatic N) is 6. The molecule has 0 atom stereocenters. The third kappa shape index (κ3) is 3.11. The van der Waals surface area contributed by atoms with Crippen LogP contribution in [0, 0.1) is 0 Å². The lowest BCUT2D eigenvalue weighted by Crippen LogP contribution is -2.21. The molecule has 1 aromatic carbocycles. The maximum Gasteiger partial charge on any atom is 0.293 e. The summed E-state index contributed by atoms with van der Waals surface area (Å²) >= 11 is 0. The van der Waals surface area contributed by atoms with E-state index < -0.39 is 5.91 Å². The van der Waals surface area contributed by atoms with E-state index in [0.29, 0.717) is 17.2 Å². The van der Waals surface area contributed by atoms with Crippen LogP contribution in [0.5, 0.6) is 11.5 Å². The van der Waals surface area contributed by atoms with Crippen LogP contribution in [0.3, 0.4) is 0 Å². The Morgan fingerprint density at radius 2 is 2.14 bits per heavy atom. The minimum atomic E-state index is -0.526. The maximum atomic E-state index is 12.5. The fourth-order valence-corrected chi connectivity index (χ4v) is 2.68. The van der Waals surface area contributed by atoms with Crippen molar-refractivity contribution in [2.75, 3.05) is 12.5 Å². The normalized spacial score (nSPS) is 12.8. The molecule has 4 rings (SSSR count). The highest BCUT2D eigenvalue weighted by atomic mass is 16.7. The van der Waals surface area contributed by atoms with Gasteiger partial charge in [0.25, 0.3) is 5.91 Å². The largest absolute Gasteiger partial charge is 0.454 e. The van der Waals surface area contributed by atoms with Gasteiger partial charge in [0.05, 0.1) is 11.9 Å². The Morgan fingerprint density at radius 3 is 2.89 bits per heavy atom. The number of hydrazone groups is 1. The second-order valence-corrected chi connectivity index (χ2v) is 6.17. The number of nitrogens with one attached hydrogen (secondary N) is 1. The Hall–Kier alpha value is -3.96. The first-order valence-corrected chi connectivity index (χ1v) is 8.31. The van der Waals surface area contributed by atoms with E-state index in [1.165, 1.54) is 10.9 Å². The van der Waals surface area contributed by atoms with Gasteiger partial charge in [-0.05, 0) is 40.0 Å². The van der Waals surface area contributed by atoms with Gasteiger partial charge in [-0.1, -0.05) is 19.1 Å². The molecule has 0 saturated heterocycles. The Balaban J connectivity index is 1.53. The number of fused-ring (bicyclic) bond motifs is 1. The summed E-state index contributed by atoms with van der Waals surface area (Å²) in [6.07, 6.45) is 1.48. The Labute approximate surface area is 158 Å². The van der Waals surface area contributed by atoms with Crippen molar-refractivity contribution in [2.24, 2.45) is 5.10 Å². The maximum absolute atomic E-state index is 12.5. The zero-order valence-electron chi connectivity index (χ0n) is 15.0. The first kappa shape index (κ1) is 17.5. The molecule has 3 N–H and O–H groups in total. The Morgan fingerprint density at radius 1 is 1.32 bits per heavy atom. The van der Waals surface area contributed by atoms with E-state index in [1.807, 2.05) is 13.8 Å². The van der Waals surface area contributed by atoms with E-state index in [4.69, 9.17) is 15.2 Å². The van der Waals surface area contributed by atoms with Crippen LogP contribution in [0.1, 0.15) is 41.5 Å². The zero-order valence-corrected chi connectivity index (χ0v) is 15.0. The van der Waals surface area contributed by atoms with Gasteiger partial charge in [0.2, 0.25) is 18.4 Å². The van der Waals surface area contributed by atoms with E-state index >= 15 is 0 Å². The lowest BCUT2D eigenvalue weighted by molar-refractivity contribution is 0.0948. The average molecular weight is 384 g/mol. The number of nitrogen functional groups attached to an aromatic ring is 1. The molecule has 28 heavy (non-hydrogen) atoms. The third-order valence-corrected chi connectivity index (χ3v) is 3.94. The third-order valence-electron chi connectivity index (χ3n) is 3.94. The van der Waals surface area contributed by atoms with Crippen LogP contribution < -0.4 is 20.6 Å². The number of nitrogens with two attached hydrogens (primary N) is 1. The highest BCUT2D eigenvalue weighted by molar-refractivity contribution is 5.94. The molecule has 0 bridgehead atoms. The number of hydrogen-bond acceptors (Lipinski definition) is 10. The molecular formula is C16H16N8O4. The summed E-state index contributed by atoms with van der Waals surface area (Å²) in [6.45, 7) is 3.95. The lowest BCUT2D eigenvalue weighted by atomic mass is 10.1. The smallest absolute Gasteiger partial charge is 0.293 e. The van der Waals surface area contributed by atoms with Gasteiger partial charge in [0, 0.05) is 0 Å². The summed E-state index contributed by atoms with van der Waals surface area (Å²) in [5.74, 6) is 0.866. The molecule has 0 spiro atoms. The summed E-state index contributed by atoms with van der Waals surface area (Å²) < 4.78 is 16.5. The minimum Gasteiger partial charge on any atom is -0.454 e. The fourth-order valence-electron chi connectivity index (χ4n) is 2.68. The molecule has 12 heteroatoms. The number of benzene rings is 1. The van der Waals surface area contributed by atoms with Crippen molar-refractivity contribution in [3.05, 3.63) is 35.2 Å². The van der Waals surface area contributed by atoms with Crippen LogP contribution in [-0.4, -0.2) is 44.2 Å². The van der Waals surface area contributed by atoms with Crippen molar-refractivity contribution >= 4 is 17.9 Å². The quantitative estimate of drug-likeness (QED) is 0.481. The molecule has 1 amide bonds. The van der Waals surface area contributed by atoms with Crippen molar-refractivity contribution in [2.45, 2.75) is 19.8 Å². The highest BCUT2D eigenvalue weighted by Crippen LogP contribution is 2.32. The first-order valence-electron chi connectivity index (χ1n) is 8.31. The van der Waals surface area contributed by atoms with Gasteiger partial charge in [0.15, 0.2) is 17.2 Å². The molecule has 3 aromatic rings. The first-order chi connectivity index (χ1) is 13.5. The molecule has 0 fully saturated rings.